The molecule has 1 aliphatic heterocycles. The normalized spacial score (nSPS) is 13.2. The summed E-state index contributed by atoms with van der Waals surface area (Å²) in [5.41, 5.74) is 3.72. The molecule has 0 unspecified atom stereocenters. The van der Waals surface area contributed by atoms with Gasteiger partial charge in [0.05, 0.1) is 6.61 Å². The molecule has 0 radical (unpaired) electrons. The van der Waals surface area contributed by atoms with Crippen molar-refractivity contribution in [3.05, 3.63) is 65.2 Å². The van der Waals surface area contributed by atoms with E-state index in [2.05, 4.69) is 39.5 Å². The highest BCUT2D eigenvalue weighted by Gasteiger charge is 2.22. The molecule has 0 saturated heterocycles. The topological polar surface area (TPSA) is 57.2 Å². The van der Waals surface area contributed by atoms with E-state index >= 15 is 0 Å². The predicted molar refractivity (Wildman–Crippen MR) is 120 cm³/mol. The van der Waals surface area contributed by atoms with Crippen LogP contribution in [-0.4, -0.2) is 48.9 Å². The molecule has 6 nitrogen and oxygen atoms in total. The van der Waals surface area contributed by atoms with Crippen LogP contribution in [0.1, 0.15) is 36.5 Å². The molecule has 3 rings (SSSR count). The van der Waals surface area contributed by atoms with Crippen molar-refractivity contribution in [2.75, 3.05) is 27.2 Å². The number of nitrogens with one attached hydrogen (secondary N) is 1. The fraction of sp³-hybridized carbons (Fsp3) is 0.417. The maximum atomic E-state index is 12.5. The zero-order chi connectivity index (χ0) is 21.3. The first-order valence-corrected chi connectivity index (χ1v) is 10.6. The number of fused-ring (bicyclic) bond motifs is 1. The number of hydrogen-bond donors (Lipinski definition) is 1. The standard InChI is InChI=1S/C24H32N4O2/c1-4-30-22-13-11-19(12-14-22)16-27(3)24(25-2)26-15-7-10-23(29)28-17-20-8-5-6-9-21(20)18-28/h5-6,8-9,11-14H,4,7,10,15-18H2,1-3H3,(H,25,26). The van der Waals surface area contributed by atoms with E-state index in [9.17, 15) is 4.79 Å². The van der Waals surface area contributed by atoms with Gasteiger partial charge in [-0.15, -0.1) is 0 Å². The summed E-state index contributed by atoms with van der Waals surface area (Å²) in [6.07, 6.45) is 1.32. The minimum Gasteiger partial charge on any atom is -0.494 e. The van der Waals surface area contributed by atoms with Gasteiger partial charge in [-0.2, -0.15) is 0 Å². The summed E-state index contributed by atoms with van der Waals surface area (Å²) in [5, 5.41) is 3.36. The lowest BCUT2D eigenvalue weighted by molar-refractivity contribution is -0.131. The number of nitrogens with zero attached hydrogens (tertiary/aromatic N) is 3. The van der Waals surface area contributed by atoms with Crippen molar-refractivity contribution in [3.63, 3.8) is 0 Å². The van der Waals surface area contributed by atoms with Gasteiger partial charge < -0.3 is 19.9 Å². The molecule has 1 amide bonds. The predicted octanol–water partition coefficient (Wildman–Crippen LogP) is 3.42. The monoisotopic (exact) mass is 408 g/mol. The lowest BCUT2D eigenvalue weighted by Crippen LogP contribution is -2.39. The number of benzene rings is 2. The fourth-order valence-corrected chi connectivity index (χ4v) is 3.70. The molecule has 2 aromatic rings. The molecule has 1 heterocycles. The molecule has 0 atom stereocenters. The smallest absolute Gasteiger partial charge is 0.223 e. The third kappa shape index (κ3) is 5.75. The van der Waals surface area contributed by atoms with Crippen molar-refractivity contribution in [1.82, 2.24) is 15.1 Å². The maximum Gasteiger partial charge on any atom is 0.223 e. The maximum absolute atomic E-state index is 12.5. The molecule has 1 N–H and O–H groups in total. The van der Waals surface area contributed by atoms with Gasteiger partial charge in [-0.05, 0) is 42.2 Å². The minimum atomic E-state index is 0.214. The van der Waals surface area contributed by atoms with Gasteiger partial charge in [-0.1, -0.05) is 36.4 Å². The van der Waals surface area contributed by atoms with Crippen LogP contribution in [0.2, 0.25) is 0 Å². The minimum absolute atomic E-state index is 0.214. The van der Waals surface area contributed by atoms with Gasteiger partial charge in [0.25, 0.3) is 0 Å². The molecular weight excluding hydrogens is 376 g/mol. The first-order valence-electron chi connectivity index (χ1n) is 10.6. The van der Waals surface area contributed by atoms with Crippen LogP contribution in [0.5, 0.6) is 5.75 Å². The van der Waals surface area contributed by atoms with Gasteiger partial charge in [-0.25, -0.2) is 0 Å². The van der Waals surface area contributed by atoms with Gasteiger partial charge >= 0.3 is 0 Å². The third-order valence-electron chi connectivity index (χ3n) is 5.27. The Morgan fingerprint density at radius 1 is 1.13 bits per heavy atom. The number of carbonyl (C=O) groups excluding carboxylic acids is 1. The summed E-state index contributed by atoms with van der Waals surface area (Å²) in [6, 6.07) is 16.4. The molecule has 0 bridgehead atoms. The summed E-state index contributed by atoms with van der Waals surface area (Å²) < 4.78 is 5.49. The lowest BCUT2D eigenvalue weighted by Gasteiger charge is -2.22. The second-order valence-electron chi connectivity index (χ2n) is 7.53. The molecule has 0 fully saturated rings. The Morgan fingerprint density at radius 3 is 2.40 bits per heavy atom. The fourth-order valence-electron chi connectivity index (χ4n) is 3.70. The molecule has 0 spiro atoms. The highest BCUT2D eigenvalue weighted by Crippen LogP contribution is 2.22. The second-order valence-corrected chi connectivity index (χ2v) is 7.53. The van der Waals surface area contributed by atoms with E-state index < -0.39 is 0 Å². The Labute approximate surface area is 179 Å². The van der Waals surface area contributed by atoms with Crippen LogP contribution in [0, 0.1) is 0 Å². The van der Waals surface area contributed by atoms with Gasteiger partial charge in [0.2, 0.25) is 5.91 Å². The van der Waals surface area contributed by atoms with E-state index in [4.69, 9.17) is 4.74 Å². The number of carbonyl (C=O) groups is 1. The van der Waals surface area contributed by atoms with Gasteiger partial charge in [0.15, 0.2) is 5.96 Å². The molecule has 0 saturated carbocycles. The van der Waals surface area contributed by atoms with Crippen molar-refractivity contribution in [1.29, 1.82) is 0 Å². The Balaban J connectivity index is 1.39. The van der Waals surface area contributed by atoms with Crippen LogP contribution >= 0.6 is 0 Å². The molecule has 6 heteroatoms. The van der Waals surface area contributed by atoms with Crippen molar-refractivity contribution in [3.8, 4) is 5.75 Å². The SMILES string of the molecule is CCOc1ccc(CN(C)C(=NC)NCCCC(=O)N2Cc3ccccc3C2)cc1. The zero-order valence-corrected chi connectivity index (χ0v) is 18.2. The average Bonchev–Trinajstić information content (AvgIpc) is 3.19. The lowest BCUT2D eigenvalue weighted by atomic mass is 10.1. The van der Waals surface area contributed by atoms with E-state index in [1.807, 2.05) is 43.1 Å². The Kier molecular flexibility index (Phi) is 7.71. The highest BCUT2D eigenvalue weighted by atomic mass is 16.5. The number of rotatable bonds is 8. The molecular formula is C24H32N4O2. The first kappa shape index (κ1) is 21.7. The number of aliphatic imine (C=N–C) groups is 1. The van der Waals surface area contributed by atoms with Crippen molar-refractivity contribution < 1.29 is 9.53 Å². The second kappa shape index (κ2) is 10.7. The highest BCUT2D eigenvalue weighted by molar-refractivity contribution is 5.80. The summed E-state index contributed by atoms with van der Waals surface area (Å²) >= 11 is 0. The van der Waals surface area contributed by atoms with Crippen LogP contribution in [0.4, 0.5) is 0 Å². The van der Waals surface area contributed by atoms with Crippen LogP contribution < -0.4 is 10.1 Å². The Bertz CT molecular complexity index is 839. The third-order valence-corrected chi connectivity index (χ3v) is 5.27. The summed E-state index contributed by atoms with van der Waals surface area (Å²) in [4.78, 5) is 20.9. The van der Waals surface area contributed by atoms with Gasteiger partial charge in [0.1, 0.15) is 5.75 Å². The van der Waals surface area contributed by atoms with Crippen LogP contribution in [0.25, 0.3) is 0 Å². The van der Waals surface area contributed by atoms with E-state index in [1.165, 1.54) is 16.7 Å². The van der Waals surface area contributed by atoms with Gasteiger partial charge in [0, 0.05) is 46.7 Å². The van der Waals surface area contributed by atoms with E-state index in [-0.39, 0.29) is 5.91 Å². The first-order chi connectivity index (χ1) is 14.6. The molecule has 0 aromatic heterocycles. The Morgan fingerprint density at radius 2 is 1.80 bits per heavy atom. The quantitative estimate of drug-likeness (QED) is 0.413. The van der Waals surface area contributed by atoms with Crippen LogP contribution in [0.3, 0.4) is 0 Å². The number of hydrogen-bond acceptors (Lipinski definition) is 3. The number of ether oxygens (including phenoxy) is 1. The zero-order valence-electron chi connectivity index (χ0n) is 18.2. The van der Waals surface area contributed by atoms with Crippen LogP contribution in [0.15, 0.2) is 53.5 Å². The van der Waals surface area contributed by atoms with E-state index in [0.29, 0.717) is 19.6 Å². The summed E-state index contributed by atoms with van der Waals surface area (Å²) in [6.45, 7) is 5.58. The molecule has 2 aromatic carbocycles. The number of guanidine groups is 1. The molecule has 30 heavy (non-hydrogen) atoms. The largest absolute Gasteiger partial charge is 0.494 e. The summed E-state index contributed by atoms with van der Waals surface area (Å²) in [5.74, 6) is 1.92. The van der Waals surface area contributed by atoms with Gasteiger partial charge in [-0.3, -0.25) is 9.79 Å². The number of amides is 1. The van der Waals surface area contributed by atoms with Crippen molar-refractivity contribution in [2.24, 2.45) is 4.99 Å². The molecule has 1 aliphatic rings. The average molecular weight is 409 g/mol. The van der Waals surface area contributed by atoms with Crippen molar-refractivity contribution >= 4 is 11.9 Å². The van der Waals surface area contributed by atoms with E-state index in [0.717, 1.165) is 37.8 Å². The molecule has 160 valence electrons. The van der Waals surface area contributed by atoms with Crippen LogP contribution in [-0.2, 0) is 24.4 Å². The van der Waals surface area contributed by atoms with E-state index in [1.54, 1.807) is 7.05 Å². The Hall–Kier alpha value is -3.02. The molecule has 0 aliphatic carbocycles. The summed E-state index contributed by atoms with van der Waals surface area (Å²) in [7, 11) is 3.79. The van der Waals surface area contributed by atoms with Crippen molar-refractivity contribution in [2.45, 2.75) is 39.4 Å².